The number of likely N-dealkylation sites (tertiary alicyclic amines) is 1. The van der Waals surface area contributed by atoms with Crippen molar-refractivity contribution in [3.05, 3.63) is 35.9 Å². The van der Waals surface area contributed by atoms with E-state index in [1.54, 1.807) is 4.90 Å². The normalized spacial score (nSPS) is 19.2. The molecule has 21 heavy (non-hydrogen) atoms. The summed E-state index contributed by atoms with van der Waals surface area (Å²) >= 11 is 0. The van der Waals surface area contributed by atoms with Crippen LogP contribution in [0.5, 0.6) is 0 Å². The lowest BCUT2D eigenvalue weighted by atomic mass is 10.1. The lowest BCUT2D eigenvalue weighted by molar-refractivity contribution is -0.128. The smallest absolute Gasteiger partial charge is 0.223 e. The highest BCUT2D eigenvalue weighted by Gasteiger charge is 2.30. The second-order valence-corrected chi connectivity index (χ2v) is 7.42. The zero-order valence-corrected chi connectivity index (χ0v) is 13.1. The predicted molar refractivity (Wildman–Crippen MR) is 82.0 cm³/mol. The molecule has 2 rings (SSSR count). The molecule has 1 fully saturated rings. The van der Waals surface area contributed by atoms with Gasteiger partial charge in [0, 0.05) is 26.1 Å². The fourth-order valence-corrected chi connectivity index (χ4v) is 3.70. The van der Waals surface area contributed by atoms with Crippen LogP contribution < -0.4 is 4.72 Å². The highest BCUT2D eigenvalue weighted by Crippen LogP contribution is 2.19. The lowest BCUT2D eigenvalue weighted by Crippen LogP contribution is -2.32. The number of nitrogens with zero attached hydrogens (tertiary/aromatic N) is 1. The van der Waals surface area contributed by atoms with Gasteiger partial charge < -0.3 is 4.90 Å². The summed E-state index contributed by atoms with van der Waals surface area (Å²) in [4.78, 5) is 13.8. The van der Waals surface area contributed by atoms with E-state index in [4.69, 9.17) is 0 Å². The van der Waals surface area contributed by atoms with E-state index in [1.807, 2.05) is 37.3 Å². The Morgan fingerprint density at radius 2 is 2.00 bits per heavy atom. The Morgan fingerprint density at radius 1 is 1.29 bits per heavy atom. The molecule has 0 aromatic heterocycles. The van der Waals surface area contributed by atoms with Crippen molar-refractivity contribution in [2.75, 3.05) is 18.8 Å². The average Bonchev–Trinajstić information content (AvgIpc) is 2.78. The molecule has 116 valence electrons. The maximum Gasteiger partial charge on any atom is 0.223 e. The van der Waals surface area contributed by atoms with Crippen LogP contribution >= 0.6 is 0 Å². The summed E-state index contributed by atoms with van der Waals surface area (Å²) < 4.78 is 25.9. The topological polar surface area (TPSA) is 66.5 Å². The van der Waals surface area contributed by atoms with Gasteiger partial charge in [-0.15, -0.1) is 0 Å². The zero-order chi connectivity index (χ0) is 15.3. The molecule has 0 radical (unpaired) electrons. The van der Waals surface area contributed by atoms with Gasteiger partial charge in [0.15, 0.2) is 0 Å². The SMILES string of the molecule is CCCS(=O)(=O)NCC1CC(=O)N(Cc2ccccc2)C1. The molecular formula is C15H22N2O3S. The first-order valence-corrected chi connectivity index (χ1v) is 8.94. The Balaban J connectivity index is 1.85. The van der Waals surface area contributed by atoms with Gasteiger partial charge in [-0.3, -0.25) is 4.79 Å². The third kappa shape index (κ3) is 4.82. The molecule has 6 heteroatoms. The van der Waals surface area contributed by atoms with Crippen LogP contribution in [0.2, 0.25) is 0 Å². The largest absolute Gasteiger partial charge is 0.338 e. The number of rotatable bonds is 7. The minimum Gasteiger partial charge on any atom is -0.338 e. The van der Waals surface area contributed by atoms with Crippen molar-refractivity contribution in [3.8, 4) is 0 Å². The number of nitrogens with one attached hydrogen (secondary N) is 1. The van der Waals surface area contributed by atoms with Gasteiger partial charge in [-0.25, -0.2) is 13.1 Å². The summed E-state index contributed by atoms with van der Waals surface area (Å²) in [5.41, 5.74) is 1.10. The third-order valence-electron chi connectivity index (χ3n) is 3.58. The van der Waals surface area contributed by atoms with Gasteiger partial charge in [-0.2, -0.15) is 0 Å². The molecule has 1 N–H and O–H groups in total. The van der Waals surface area contributed by atoms with E-state index in [-0.39, 0.29) is 17.6 Å². The summed E-state index contributed by atoms with van der Waals surface area (Å²) in [6.07, 6.45) is 1.01. The second-order valence-electron chi connectivity index (χ2n) is 5.50. The van der Waals surface area contributed by atoms with Crippen molar-refractivity contribution in [3.63, 3.8) is 0 Å². The molecule has 1 atom stereocenters. The molecule has 1 aromatic rings. The van der Waals surface area contributed by atoms with Crippen molar-refractivity contribution in [2.24, 2.45) is 5.92 Å². The van der Waals surface area contributed by atoms with Crippen LogP contribution in [0.4, 0.5) is 0 Å². The van der Waals surface area contributed by atoms with Gasteiger partial charge >= 0.3 is 0 Å². The Bertz CT molecular complexity index is 572. The van der Waals surface area contributed by atoms with Crippen LogP contribution in [-0.2, 0) is 21.4 Å². The number of benzene rings is 1. The number of amides is 1. The molecule has 1 saturated heterocycles. The maximum atomic E-state index is 12.0. The zero-order valence-electron chi connectivity index (χ0n) is 12.3. The highest BCUT2D eigenvalue weighted by atomic mass is 32.2. The van der Waals surface area contributed by atoms with E-state index in [1.165, 1.54) is 0 Å². The minimum absolute atomic E-state index is 0.0628. The molecule has 0 spiro atoms. The van der Waals surface area contributed by atoms with Crippen LogP contribution in [0.3, 0.4) is 0 Å². The van der Waals surface area contributed by atoms with Crippen molar-refractivity contribution >= 4 is 15.9 Å². The molecule has 1 aliphatic rings. The maximum absolute atomic E-state index is 12.0. The van der Waals surface area contributed by atoms with Crippen LogP contribution in [-0.4, -0.2) is 38.1 Å². The molecule has 1 unspecified atom stereocenters. The van der Waals surface area contributed by atoms with E-state index in [2.05, 4.69) is 4.72 Å². The fourth-order valence-electron chi connectivity index (χ4n) is 2.53. The molecular weight excluding hydrogens is 288 g/mol. The van der Waals surface area contributed by atoms with Gasteiger partial charge in [-0.1, -0.05) is 37.3 Å². The van der Waals surface area contributed by atoms with Gasteiger partial charge in [-0.05, 0) is 17.9 Å². The van der Waals surface area contributed by atoms with Crippen LogP contribution in [0.1, 0.15) is 25.3 Å². The molecule has 1 amide bonds. The third-order valence-corrected chi connectivity index (χ3v) is 5.13. The average molecular weight is 310 g/mol. The van der Waals surface area contributed by atoms with Gasteiger partial charge in [0.25, 0.3) is 0 Å². The summed E-state index contributed by atoms with van der Waals surface area (Å²) in [6.45, 7) is 3.39. The van der Waals surface area contributed by atoms with Crippen LogP contribution in [0.25, 0.3) is 0 Å². The van der Waals surface area contributed by atoms with Gasteiger partial charge in [0.2, 0.25) is 15.9 Å². The first-order chi connectivity index (χ1) is 10.00. The Hall–Kier alpha value is -1.40. The molecule has 1 aromatic carbocycles. The molecule has 1 aliphatic heterocycles. The molecule has 0 aliphatic carbocycles. The van der Waals surface area contributed by atoms with Gasteiger partial charge in [0.1, 0.15) is 0 Å². The first-order valence-electron chi connectivity index (χ1n) is 7.29. The fraction of sp³-hybridized carbons (Fsp3) is 0.533. The van der Waals surface area contributed by atoms with E-state index < -0.39 is 10.0 Å². The highest BCUT2D eigenvalue weighted by molar-refractivity contribution is 7.89. The molecule has 5 nitrogen and oxygen atoms in total. The van der Waals surface area contributed by atoms with Crippen molar-refractivity contribution in [2.45, 2.75) is 26.3 Å². The number of carbonyl (C=O) groups is 1. The van der Waals surface area contributed by atoms with Crippen molar-refractivity contribution in [1.29, 1.82) is 0 Å². The monoisotopic (exact) mass is 310 g/mol. The van der Waals surface area contributed by atoms with E-state index in [0.717, 1.165) is 5.56 Å². The molecule has 0 saturated carbocycles. The van der Waals surface area contributed by atoms with Crippen molar-refractivity contribution in [1.82, 2.24) is 9.62 Å². The Kier molecular flexibility index (Phi) is 5.36. The Morgan fingerprint density at radius 3 is 2.67 bits per heavy atom. The quantitative estimate of drug-likeness (QED) is 0.827. The predicted octanol–water partition coefficient (Wildman–Crippen LogP) is 1.36. The number of sulfonamides is 1. The second kappa shape index (κ2) is 7.04. The minimum atomic E-state index is -3.19. The van der Waals surface area contributed by atoms with E-state index in [0.29, 0.717) is 32.5 Å². The number of hydrogen-bond acceptors (Lipinski definition) is 3. The van der Waals surface area contributed by atoms with Crippen LogP contribution in [0.15, 0.2) is 30.3 Å². The summed E-state index contributed by atoms with van der Waals surface area (Å²) in [5.74, 6) is 0.299. The van der Waals surface area contributed by atoms with E-state index >= 15 is 0 Å². The van der Waals surface area contributed by atoms with Crippen LogP contribution in [0, 0.1) is 5.92 Å². The summed E-state index contributed by atoms with van der Waals surface area (Å²) in [6, 6.07) is 9.83. The lowest BCUT2D eigenvalue weighted by Gasteiger charge is -2.17. The number of carbonyl (C=O) groups excluding carboxylic acids is 1. The Labute approximate surface area is 126 Å². The standard InChI is InChI=1S/C15H22N2O3S/c1-2-8-21(19,20)16-10-14-9-15(18)17(12-14)11-13-6-4-3-5-7-13/h3-7,14,16H,2,8-12H2,1H3. The molecule has 0 bridgehead atoms. The van der Waals surface area contributed by atoms with Gasteiger partial charge in [0.05, 0.1) is 5.75 Å². The van der Waals surface area contributed by atoms with Crippen molar-refractivity contribution < 1.29 is 13.2 Å². The molecule has 1 heterocycles. The first kappa shape index (κ1) is 16.0. The van der Waals surface area contributed by atoms with E-state index in [9.17, 15) is 13.2 Å². The number of hydrogen-bond donors (Lipinski definition) is 1. The summed E-state index contributed by atoms with van der Waals surface area (Å²) in [7, 11) is -3.19. The summed E-state index contributed by atoms with van der Waals surface area (Å²) in [5, 5.41) is 0.